The number of ether oxygens (including phenoxy) is 8. The van der Waals surface area contributed by atoms with Gasteiger partial charge in [-0.15, -0.1) is 0 Å². The van der Waals surface area contributed by atoms with Gasteiger partial charge in [0.2, 0.25) is 0 Å². The van der Waals surface area contributed by atoms with Crippen LogP contribution in [0.4, 0.5) is 4.79 Å². The highest BCUT2D eigenvalue weighted by atomic mass is 16.7. The molecular weight excluding hydrogens is 863 g/mol. The fourth-order valence-electron chi connectivity index (χ4n) is 11.5. The molecule has 2 N–H and O–H groups in total. The molecular formula is C51H79N3O13. The number of hydrogen-bond donors (Lipinski definition) is 2. The molecule has 67 heavy (non-hydrogen) atoms. The highest BCUT2D eigenvalue weighted by Gasteiger charge is 2.61. The second-order valence-corrected chi connectivity index (χ2v) is 20.7. The summed E-state index contributed by atoms with van der Waals surface area (Å²) >= 11 is 0. The summed E-state index contributed by atoms with van der Waals surface area (Å²) < 4.78 is 51.7. The zero-order valence-corrected chi connectivity index (χ0v) is 42.3. The van der Waals surface area contributed by atoms with Gasteiger partial charge < -0.3 is 57.9 Å². The number of Topliss-reactive ketones (excluding diaryl/α,β-unsaturated/α-hetero) is 1. The van der Waals surface area contributed by atoms with Crippen LogP contribution < -0.4 is 0 Å². The number of aromatic nitrogens is 1. The predicted molar refractivity (Wildman–Crippen MR) is 250 cm³/mol. The van der Waals surface area contributed by atoms with Crippen LogP contribution in [0.1, 0.15) is 107 Å². The van der Waals surface area contributed by atoms with Crippen LogP contribution in [0.15, 0.2) is 36.4 Å². The topological polar surface area (TPSA) is 185 Å². The van der Waals surface area contributed by atoms with E-state index in [1.807, 2.05) is 96.9 Å². The standard InChI is InChI=1S/C51H79N3O13/c1-15-38-51(10)43(54(48(59)67-51)24-18-20-35-23-22-34-19-16-17-21-36(34)52-35)30(4)40(55)28(2)26-50(9,61-14)45(66-47-41(56)37(53(11)12)25-29(3)62-47)31(5)42(32(6)46(58)64-38)65-39-27-49(8,60-13)44(57)33(7)63-39/h16-17,19,21-23,28-33,37-39,41-45,47,56-57H,15,18,20,24-27H2,1-14H3/t28-,29-,30+,31+,32-,33+,37+,38-,39?,41-,42+,43+,44+,45-,47+,49-,50-,51-/m1/s1. The molecule has 1 amide bonds. The quantitative estimate of drug-likeness (QED) is 0.233. The van der Waals surface area contributed by atoms with E-state index in [9.17, 15) is 19.8 Å². The molecule has 1 aromatic carbocycles. The van der Waals surface area contributed by atoms with Crippen molar-refractivity contribution in [2.24, 2.45) is 23.7 Å². The molecule has 18 atom stereocenters. The molecule has 1 unspecified atom stereocenters. The zero-order chi connectivity index (χ0) is 49.3. The number of likely N-dealkylation sites (N-methyl/N-ethyl adjacent to an activating group) is 1. The number of benzene rings is 1. The number of rotatable bonds is 12. The van der Waals surface area contributed by atoms with Gasteiger partial charge in [0, 0.05) is 62.1 Å². The van der Waals surface area contributed by atoms with Crippen LogP contribution in [0.3, 0.4) is 0 Å². The number of ketones is 1. The van der Waals surface area contributed by atoms with Gasteiger partial charge in [-0.25, -0.2) is 4.79 Å². The fourth-order valence-corrected chi connectivity index (χ4v) is 11.5. The van der Waals surface area contributed by atoms with E-state index in [1.165, 1.54) is 7.11 Å². The molecule has 0 bridgehead atoms. The summed E-state index contributed by atoms with van der Waals surface area (Å²) in [7, 11) is 6.87. The Labute approximate surface area is 397 Å². The van der Waals surface area contributed by atoms with Crippen molar-refractivity contribution in [3.05, 3.63) is 42.1 Å². The monoisotopic (exact) mass is 942 g/mol. The number of aliphatic hydroxyl groups excluding tert-OH is 2. The first-order valence-electron chi connectivity index (χ1n) is 24.4. The average Bonchev–Trinajstić information content (AvgIpc) is 3.55. The highest BCUT2D eigenvalue weighted by Crippen LogP contribution is 2.45. The second kappa shape index (κ2) is 21.4. The Bertz CT molecular complexity index is 2020. The van der Waals surface area contributed by atoms with E-state index < -0.39 is 108 Å². The molecule has 1 aromatic heterocycles. The van der Waals surface area contributed by atoms with Crippen LogP contribution in [-0.4, -0.2) is 162 Å². The van der Waals surface area contributed by atoms with Crippen molar-refractivity contribution in [1.29, 1.82) is 0 Å². The number of para-hydroxylation sites is 1. The largest absolute Gasteiger partial charge is 0.458 e. The summed E-state index contributed by atoms with van der Waals surface area (Å²) in [5, 5.41) is 24.0. The Morgan fingerprint density at radius 2 is 1.57 bits per heavy atom. The molecule has 376 valence electrons. The number of carbonyl (C=O) groups is 3. The second-order valence-electron chi connectivity index (χ2n) is 20.7. The molecule has 4 aliphatic heterocycles. The van der Waals surface area contributed by atoms with Gasteiger partial charge in [-0.3, -0.25) is 14.6 Å². The van der Waals surface area contributed by atoms with Crippen LogP contribution in [0.2, 0.25) is 0 Å². The Kier molecular flexibility index (Phi) is 16.9. The van der Waals surface area contributed by atoms with Gasteiger partial charge in [0.25, 0.3) is 0 Å². The van der Waals surface area contributed by atoms with Crippen molar-refractivity contribution in [2.75, 3.05) is 34.9 Å². The number of pyridine rings is 1. The van der Waals surface area contributed by atoms with Crippen molar-refractivity contribution in [2.45, 2.75) is 192 Å². The van der Waals surface area contributed by atoms with Gasteiger partial charge in [0.05, 0.1) is 53.1 Å². The summed E-state index contributed by atoms with van der Waals surface area (Å²) in [5.74, 6) is -3.90. The molecule has 4 saturated heterocycles. The first kappa shape index (κ1) is 53.0. The number of aryl methyl sites for hydroxylation is 1. The maximum absolute atomic E-state index is 15.1. The number of aliphatic hydroxyl groups is 2. The normalized spacial score (nSPS) is 41.5. The third kappa shape index (κ3) is 10.9. The summed E-state index contributed by atoms with van der Waals surface area (Å²) in [5.41, 5.74) is -1.97. The number of hydrogen-bond acceptors (Lipinski definition) is 15. The van der Waals surface area contributed by atoms with Crippen LogP contribution >= 0.6 is 0 Å². The van der Waals surface area contributed by atoms with Crippen LogP contribution in [0.5, 0.6) is 0 Å². The van der Waals surface area contributed by atoms with E-state index in [-0.39, 0.29) is 43.7 Å². The number of nitrogens with zero attached hydrogens (tertiary/aromatic N) is 3. The van der Waals surface area contributed by atoms with Crippen molar-refractivity contribution >= 4 is 28.7 Å². The smallest absolute Gasteiger partial charge is 0.410 e. The summed E-state index contributed by atoms with van der Waals surface area (Å²) in [6.45, 7) is 18.5. The first-order chi connectivity index (χ1) is 31.5. The molecule has 0 spiro atoms. The van der Waals surface area contributed by atoms with Gasteiger partial charge >= 0.3 is 12.1 Å². The van der Waals surface area contributed by atoms with Gasteiger partial charge in [0.15, 0.2) is 18.2 Å². The van der Waals surface area contributed by atoms with Crippen LogP contribution in [-0.2, 0) is 53.9 Å². The molecule has 16 nitrogen and oxygen atoms in total. The van der Waals surface area contributed by atoms with Gasteiger partial charge in [0.1, 0.15) is 24.1 Å². The minimum absolute atomic E-state index is 0.128. The molecule has 0 radical (unpaired) electrons. The van der Waals surface area contributed by atoms with E-state index in [1.54, 1.807) is 39.7 Å². The molecule has 0 aliphatic carbocycles. The summed E-state index contributed by atoms with van der Waals surface area (Å²) in [6.07, 6.45) is -6.36. The van der Waals surface area contributed by atoms with E-state index in [2.05, 4.69) is 0 Å². The Morgan fingerprint density at radius 1 is 0.881 bits per heavy atom. The third-order valence-electron chi connectivity index (χ3n) is 15.6. The average molecular weight is 942 g/mol. The molecule has 6 rings (SSSR count). The lowest BCUT2D eigenvalue weighted by atomic mass is 9.73. The van der Waals surface area contributed by atoms with Crippen molar-refractivity contribution in [3.8, 4) is 0 Å². The van der Waals surface area contributed by atoms with Gasteiger partial charge in [-0.1, -0.05) is 52.0 Å². The molecule has 2 aromatic rings. The van der Waals surface area contributed by atoms with E-state index >= 15 is 4.79 Å². The molecule has 16 heteroatoms. The summed E-state index contributed by atoms with van der Waals surface area (Å²) in [6, 6.07) is 10.8. The Balaban J connectivity index is 1.41. The van der Waals surface area contributed by atoms with Crippen molar-refractivity contribution in [3.63, 3.8) is 0 Å². The molecule has 0 saturated carbocycles. The zero-order valence-electron chi connectivity index (χ0n) is 42.3. The number of fused-ring (bicyclic) bond motifs is 2. The van der Waals surface area contributed by atoms with E-state index in [4.69, 9.17) is 42.9 Å². The lowest BCUT2D eigenvalue weighted by molar-refractivity contribution is -0.319. The van der Waals surface area contributed by atoms with Crippen LogP contribution in [0.25, 0.3) is 10.9 Å². The lowest BCUT2D eigenvalue weighted by Gasteiger charge is -2.50. The maximum atomic E-state index is 15.1. The molecule has 5 heterocycles. The van der Waals surface area contributed by atoms with E-state index in [0.717, 1.165) is 16.6 Å². The number of carbonyl (C=O) groups excluding carboxylic acids is 3. The minimum atomic E-state index is -1.42. The van der Waals surface area contributed by atoms with Crippen molar-refractivity contribution < 1.29 is 62.5 Å². The van der Waals surface area contributed by atoms with E-state index in [0.29, 0.717) is 19.3 Å². The molecule has 4 aliphatic rings. The fraction of sp³-hybridized carbons (Fsp3) is 0.765. The predicted octanol–water partition coefficient (Wildman–Crippen LogP) is 6.09. The lowest BCUT2D eigenvalue weighted by Crippen LogP contribution is -2.61. The van der Waals surface area contributed by atoms with Gasteiger partial charge in [-0.05, 0) is 99.9 Å². The number of amides is 1. The van der Waals surface area contributed by atoms with Crippen molar-refractivity contribution in [1.82, 2.24) is 14.8 Å². The highest BCUT2D eigenvalue weighted by molar-refractivity contribution is 5.85. The number of cyclic esters (lactones) is 1. The third-order valence-corrected chi connectivity index (χ3v) is 15.6. The number of methoxy groups -OCH3 is 2. The Morgan fingerprint density at radius 3 is 2.22 bits per heavy atom. The number of esters is 1. The van der Waals surface area contributed by atoms with Gasteiger partial charge in [-0.2, -0.15) is 0 Å². The first-order valence-corrected chi connectivity index (χ1v) is 24.4. The minimum Gasteiger partial charge on any atom is -0.458 e. The SMILES string of the molecule is CC[C@H]1OC(=O)[C@H](C)[C@@H](OC2C[C@@](C)(OC)[C@@H](O)[C@H](C)O2)[C@H](C)[C@@H](O[C@@H]2O[C@H](C)C[C@H](N(C)C)[C@H]2O)[C@](C)(OC)C[C@@H](C)C(=O)[C@H](C)[C@@H]2N(CCCc3ccc4ccccc4n3)C(=O)O[C@@]21C. The summed E-state index contributed by atoms with van der Waals surface area (Å²) in [4.78, 5) is 52.6. The van der Waals surface area contributed by atoms with Crippen LogP contribution in [0, 0.1) is 23.7 Å². The maximum Gasteiger partial charge on any atom is 0.410 e. The molecule has 4 fully saturated rings. The Hall–Kier alpha value is -3.32.